The van der Waals surface area contributed by atoms with Gasteiger partial charge in [-0.1, -0.05) is 117 Å². The number of aromatic hydroxyl groups is 18. The minimum absolute atomic E-state index is 0.113. The van der Waals surface area contributed by atoms with E-state index in [9.17, 15) is 121 Å². The second kappa shape index (κ2) is 40.2. The summed E-state index contributed by atoms with van der Waals surface area (Å²) in [6, 6.07) is 6.19. The number of esters is 8. The number of rotatable bonds is 39. The van der Waals surface area contributed by atoms with Crippen molar-refractivity contribution in [1.82, 2.24) is 0 Å². The Labute approximate surface area is 654 Å². The summed E-state index contributed by atoms with van der Waals surface area (Å²) < 4.78 is 67.4. The Bertz CT molecular complexity index is 4340. The van der Waals surface area contributed by atoms with Crippen LogP contribution in [-0.4, -0.2) is 214 Å². The molecule has 37 heteroatoms. The van der Waals surface area contributed by atoms with Crippen LogP contribution in [0.1, 0.15) is 204 Å². The van der Waals surface area contributed by atoms with Crippen LogP contribution in [0.25, 0.3) is 0 Å². The minimum Gasteiger partial charge on any atom is -0.504 e. The van der Waals surface area contributed by atoms with E-state index < -0.39 is 266 Å². The zero-order chi connectivity index (χ0) is 84.1. The van der Waals surface area contributed by atoms with Crippen molar-refractivity contribution in [3.63, 3.8) is 0 Å². The molecule has 0 radical (unpaired) electrons. The second-order valence-electron chi connectivity index (χ2n) is 27.2. The molecule has 115 heavy (non-hydrogen) atoms. The van der Waals surface area contributed by atoms with Crippen molar-refractivity contribution in [2.24, 2.45) is 0 Å². The molecule has 0 saturated carbocycles. The SMILES string of the molecule is CCCCCCCCCCCC(=O)OC[C@H]1O[C@@](COC(=O)CCCCCCCCCCC)(O[C@H]2O[C@H](COC(=O)c3cc(O)c(O)c(O)c3)[C@@H](OC(=O)c3cc(O)c(O)c(O)c3)[C@H](OC(=O)c3cc(O)c(O)c(O)c3)[C@H]2OC(=O)c2cc(O)c(O)c(O)c2)[C@@H](OC(=O)c2cc(O)c(O)c(O)c2)[C@@H]1OC(=O)c1cc(O)c(O)c(O)c1. The quantitative estimate of drug-likeness (QED) is 0.00739. The van der Waals surface area contributed by atoms with Crippen molar-refractivity contribution >= 4 is 47.8 Å². The maximum atomic E-state index is 15.1. The summed E-state index contributed by atoms with van der Waals surface area (Å²) in [6.45, 7) is -0.0839. The third-order valence-corrected chi connectivity index (χ3v) is 18.6. The maximum absolute atomic E-state index is 15.1. The molecule has 0 spiro atoms. The molecule has 0 bridgehead atoms. The summed E-state index contributed by atoms with van der Waals surface area (Å²) in [5, 5.41) is 191. The highest BCUT2D eigenvalue weighted by Crippen LogP contribution is 2.47. The van der Waals surface area contributed by atoms with E-state index in [-0.39, 0.29) is 19.3 Å². The number of carbonyl (C=O) groups is 8. The first-order chi connectivity index (χ1) is 54.6. The smallest absolute Gasteiger partial charge is 0.339 e. The lowest BCUT2D eigenvalue weighted by atomic mass is 9.97. The predicted octanol–water partition coefficient (Wildman–Crippen LogP) is 9.44. The fourth-order valence-corrected chi connectivity index (χ4v) is 12.4. The van der Waals surface area contributed by atoms with Crippen LogP contribution in [0.4, 0.5) is 0 Å². The summed E-state index contributed by atoms with van der Waals surface area (Å²) in [5.74, 6) is -37.5. The molecule has 2 aliphatic rings. The number of unbranched alkanes of at least 4 members (excludes halogenated alkanes) is 16. The second-order valence-corrected chi connectivity index (χ2v) is 27.2. The number of phenols is 18. The van der Waals surface area contributed by atoms with Crippen molar-refractivity contribution in [2.75, 3.05) is 19.8 Å². The Morgan fingerprint density at radius 1 is 0.304 bits per heavy atom. The monoisotopic (exact) mass is 1620 g/mol. The van der Waals surface area contributed by atoms with Crippen LogP contribution in [0.5, 0.6) is 103 Å². The Hall–Kier alpha value is -12.6. The van der Waals surface area contributed by atoms with E-state index in [2.05, 4.69) is 13.8 Å². The number of benzene rings is 6. The van der Waals surface area contributed by atoms with Gasteiger partial charge in [-0.3, -0.25) is 9.59 Å². The molecule has 18 N–H and O–H groups in total. The van der Waals surface area contributed by atoms with E-state index in [1.165, 1.54) is 0 Å². The van der Waals surface area contributed by atoms with E-state index >= 15 is 9.59 Å². The van der Waals surface area contributed by atoms with Gasteiger partial charge in [-0.25, -0.2) is 28.8 Å². The highest BCUT2D eigenvalue weighted by Gasteiger charge is 2.66. The molecule has 6 aromatic rings. The average molecular weight is 1620 g/mol. The van der Waals surface area contributed by atoms with Gasteiger partial charge in [-0.2, -0.15) is 0 Å². The minimum atomic E-state index is -3.50. The van der Waals surface area contributed by atoms with Crippen LogP contribution in [0.2, 0.25) is 0 Å². The van der Waals surface area contributed by atoms with Crippen LogP contribution >= 0.6 is 0 Å². The first-order valence-electron chi connectivity index (χ1n) is 36.7. The van der Waals surface area contributed by atoms with Crippen LogP contribution in [0.3, 0.4) is 0 Å². The van der Waals surface area contributed by atoms with Crippen molar-refractivity contribution < 1.29 is 182 Å². The molecule has 8 rings (SSSR count). The molecule has 6 aromatic carbocycles. The van der Waals surface area contributed by atoms with Gasteiger partial charge in [-0.05, 0) is 85.6 Å². The molecular weight excluding hydrogens is 1530 g/mol. The van der Waals surface area contributed by atoms with Gasteiger partial charge < -0.3 is 144 Å². The highest BCUT2D eigenvalue weighted by atomic mass is 16.8. The third kappa shape index (κ3) is 22.8. The molecule has 0 aromatic heterocycles. The average Bonchev–Trinajstić information content (AvgIpc) is 1.63. The summed E-state index contributed by atoms with van der Waals surface area (Å²) in [7, 11) is 0. The topological polar surface area (TPSA) is 602 Å². The normalized spacial score (nSPS) is 19.0. The standard InChI is InChI=1S/C78H90O37/c1-3-5-7-9-11-13-15-17-19-21-58(91)105-36-57-67(110-73(101)40-27-48(83)62(95)49(84)28-40)70(113-76(104)43-33-54(89)65(98)55(90)34-43)78(114-57,37-107-59(92)22-20-18-16-14-12-10-8-6-4-2)115-77-69(112-75(103)42-31-52(87)64(97)53(88)32-42)68(111-74(102)41-29-50(85)63(96)51(86)30-41)66(109-72(100)39-25-46(81)61(94)47(82)26-39)56(108-77)35-106-71(99)38-23-44(79)60(93)45(80)24-38/h23-34,56-57,66-70,77,79-90,93-98H,3-22,35-37H2,1-2H3/t56-,57-,66-,67-,68+,69-,70+,77-,78+/m1/s1. The Morgan fingerprint density at radius 3 is 0.913 bits per heavy atom. The van der Waals surface area contributed by atoms with Crippen molar-refractivity contribution in [3.05, 3.63) is 106 Å². The molecule has 2 heterocycles. The number of hydrogen-bond acceptors (Lipinski definition) is 37. The Kier molecular flexibility index (Phi) is 30.7. The van der Waals surface area contributed by atoms with Gasteiger partial charge in [0, 0.05) is 12.8 Å². The van der Waals surface area contributed by atoms with E-state index in [0.29, 0.717) is 98.5 Å². The maximum Gasteiger partial charge on any atom is 0.339 e. The van der Waals surface area contributed by atoms with Gasteiger partial charge in [0.05, 0.1) is 33.4 Å². The number of phenolic OH excluding ortho intramolecular Hbond substituents is 18. The van der Waals surface area contributed by atoms with Crippen molar-refractivity contribution in [1.29, 1.82) is 0 Å². The number of ether oxygens (including phenoxy) is 11. The molecule has 0 unspecified atom stereocenters. The summed E-state index contributed by atoms with van der Waals surface area (Å²) in [4.78, 5) is 117. The summed E-state index contributed by atoms with van der Waals surface area (Å²) in [6.07, 6.45) is -8.26. The summed E-state index contributed by atoms with van der Waals surface area (Å²) >= 11 is 0. The molecule has 624 valence electrons. The first kappa shape index (κ1) is 87.9. The molecule has 2 aliphatic heterocycles. The van der Waals surface area contributed by atoms with Crippen LogP contribution < -0.4 is 0 Å². The third-order valence-electron chi connectivity index (χ3n) is 18.6. The number of hydrogen-bond donors (Lipinski definition) is 18. The molecule has 2 fully saturated rings. The lowest BCUT2D eigenvalue weighted by Gasteiger charge is -2.46. The van der Waals surface area contributed by atoms with Gasteiger partial charge in [0.25, 0.3) is 0 Å². The fourth-order valence-electron chi connectivity index (χ4n) is 12.4. The first-order valence-corrected chi connectivity index (χ1v) is 36.7. The van der Waals surface area contributed by atoms with Gasteiger partial charge in [0.1, 0.15) is 32.0 Å². The van der Waals surface area contributed by atoms with Crippen LogP contribution in [0.15, 0.2) is 72.8 Å². The largest absolute Gasteiger partial charge is 0.504 e. The van der Waals surface area contributed by atoms with E-state index in [1.54, 1.807) is 0 Å². The molecule has 2 saturated heterocycles. The molecule has 0 amide bonds. The lowest BCUT2D eigenvalue weighted by Crippen LogP contribution is -2.66. The molecule has 9 atom stereocenters. The van der Waals surface area contributed by atoms with Gasteiger partial charge in [-0.15, -0.1) is 0 Å². The zero-order valence-corrected chi connectivity index (χ0v) is 62.1. The van der Waals surface area contributed by atoms with Gasteiger partial charge in [0.2, 0.25) is 12.1 Å². The van der Waals surface area contributed by atoms with E-state index in [0.717, 1.165) is 77.0 Å². The number of carbonyl (C=O) groups excluding carboxylic acids is 8. The Balaban J connectivity index is 1.38. The van der Waals surface area contributed by atoms with E-state index in [1.807, 2.05) is 0 Å². The molecule has 37 nitrogen and oxygen atoms in total. The van der Waals surface area contributed by atoms with E-state index in [4.69, 9.17) is 52.1 Å². The fraction of sp³-hybridized carbons (Fsp3) is 0.436. The van der Waals surface area contributed by atoms with Crippen LogP contribution in [-0.2, 0) is 61.7 Å². The molecule has 0 aliphatic carbocycles. The van der Waals surface area contributed by atoms with Crippen LogP contribution in [0, 0.1) is 0 Å². The van der Waals surface area contributed by atoms with Crippen molar-refractivity contribution in [2.45, 2.75) is 197 Å². The predicted molar refractivity (Wildman–Crippen MR) is 388 cm³/mol. The molecular formula is C78H90O37. The van der Waals surface area contributed by atoms with Crippen molar-refractivity contribution in [3.8, 4) is 103 Å². The lowest BCUT2D eigenvalue weighted by molar-refractivity contribution is -0.381. The van der Waals surface area contributed by atoms with Gasteiger partial charge >= 0.3 is 47.8 Å². The highest BCUT2D eigenvalue weighted by molar-refractivity contribution is 5.95. The Morgan fingerprint density at radius 2 is 0.574 bits per heavy atom. The summed E-state index contributed by atoms with van der Waals surface area (Å²) in [5.41, 5.74) is -5.39. The van der Waals surface area contributed by atoms with Gasteiger partial charge in [0.15, 0.2) is 134 Å². The zero-order valence-electron chi connectivity index (χ0n) is 62.1.